The first-order chi connectivity index (χ1) is 12.0. The summed E-state index contributed by atoms with van der Waals surface area (Å²) in [5.74, 6) is 0.625. The summed E-state index contributed by atoms with van der Waals surface area (Å²) in [6, 6.07) is 7.83. The standard InChI is InChI=1S/C17H13BrFN3O3/c1-9-6-11(19)2-3-12(9)22-8-10(7-15(22)23)16-20-17(25-21-16)13-4-5-14(18)24-13/h2-6,10H,7-8H2,1H3. The van der Waals surface area contributed by atoms with Gasteiger partial charge in [-0.2, -0.15) is 4.98 Å². The lowest BCUT2D eigenvalue weighted by molar-refractivity contribution is -0.117. The normalized spacial score (nSPS) is 17.5. The largest absolute Gasteiger partial charge is 0.444 e. The zero-order valence-electron chi connectivity index (χ0n) is 13.2. The van der Waals surface area contributed by atoms with E-state index in [1.54, 1.807) is 30.0 Å². The maximum atomic E-state index is 13.3. The van der Waals surface area contributed by atoms with Crippen LogP contribution in [0.25, 0.3) is 11.7 Å². The zero-order chi connectivity index (χ0) is 17.6. The number of furan rings is 1. The van der Waals surface area contributed by atoms with Gasteiger partial charge in [0.1, 0.15) is 5.82 Å². The molecule has 6 nitrogen and oxygen atoms in total. The predicted octanol–water partition coefficient (Wildman–Crippen LogP) is 4.06. The number of hydrogen-bond acceptors (Lipinski definition) is 5. The number of hydrogen-bond donors (Lipinski definition) is 0. The Morgan fingerprint density at radius 3 is 2.88 bits per heavy atom. The van der Waals surface area contributed by atoms with Crippen molar-refractivity contribution in [2.75, 3.05) is 11.4 Å². The Balaban J connectivity index is 1.57. The first-order valence-corrected chi connectivity index (χ1v) is 8.46. The number of carbonyl (C=O) groups excluding carboxylic acids is 1. The number of aryl methyl sites for hydroxylation is 1. The molecule has 1 fully saturated rings. The van der Waals surface area contributed by atoms with E-state index in [0.29, 0.717) is 34.0 Å². The molecular formula is C17H13BrFN3O3. The Hall–Kier alpha value is -2.48. The van der Waals surface area contributed by atoms with E-state index in [2.05, 4.69) is 26.1 Å². The minimum absolute atomic E-state index is 0.0493. The van der Waals surface area contributed by atoms with Gasteiger partial charge < -0.3 is 13.8 Å². The quantitative estimate of drug-likeness (QED) is 0.656. The summed E-state index contributed by atoms with van der Waals surface area (Å²) >= 11 is 3.22. The van der Waals surface area contributed by atoms with E-state index in [0.717, 1.165) is 0 Å². The van der Waals surface area contributed by atoms with Gasteiger partial charge in [0.2, 0.25) is 5.91 Å². The number of halogens is 2. The summed E-state index contributed by atoms with van der Waals surface area (Å²) in [5.41, 5.74) is 1.41. The van der Waals surface area contributed by atoms with Gasteiger partial charge >= 0.3 is 0 Å². The van der Waals surface area contributed by atoms with Crippen LogP contribution in [0, 0.1) is 12.7 Å². The van der Waals surface area contributed by atoms with E-state index >= 15 is 0 Å². The van der Waals surface area contributed by atoms with Gasteiger partial charge in [-0.1, -0.05) is 5.16 Å². The Kier molecular flexibility index (Phi) is 3.91. The molecule has 1 aromatic carbocycles. The van der Waals surface area contributed by atoms with Crippen molar-refractivity contribution in [3.05, 3.63) is 52.2 Å². The first-order valence-electron chi connectivity index (χ1n) is 7.67. The Morgan fingerprint density at radius 2 is 2.16 bits per heavy atom. The van der Waals surface area contributed by atoms with Crippen molar-refractivity contribution < 1.29 is 18.1 Å². The first kappa shape index (κ1) is 16.0. The van der Waals surface area contributed by atoms with Crippen LogP contribution in [0.1, 0.15) is 23.7 Å². The molecule has 1 amide bonds. The molecule has 4 rings (SSSR count). The SMILES string of the molecule is Cc1cc(F)ccc1N1CC(c2noc(-c3ccc(Br)o3)n2)CC1=O. The Bertz CT molecular complexity index is 952. The molecule has 2 aromatic heterocycles. The van der Waals surface area contributed by atoms with Crippen LogP contribution >= 0.6 is 15.9 Å². The molecule has 1 unspecified atom stereocenters. The number of carbonyl (C=O) groups is 1. The van der Waals surface area contributed by atoms with Crippen LogP contribution in [0.15, 0.2) is 43.9 Å². The van der Waals surface area contributed by atoms with E-state index in [4.69, 9.17) is 8.94 Å². The van der Waals surface area contributed by atoms with Crippen molar-refractivity contribution in [2.24, 2.45) is 0 Å². The van der Waals surface area contributed by atoms with Crippen molar-refractivity contribution in [1.82, 2.24) is 10.1 Å². The van der Waals surface area contributed by atoms with E-state index in [9.17, 15) is 9.18 Å². The highest BCUT2D eigenvalue weighted by Gasteiger charge is 2.35. The van der Waals surface area contributed by atoms with E-state index in [1.807, 2.05) is 0 Å². The number of anilines is 1. The van der Waals surface area contributed by atoms with Crippen LogP contribution in [0.4, 0.5) is 10.1 Å². The average molecular weight is 406 g/mol. The highest BCUT2D eigenvalue weighted by atomic mass is 79.9. The second kappa shape index (κ2) is 6.11. The van der Waals surface area contributed by atoms with Gasteiger partial charge in [0, 0.05) is 24.6 Å². The fourth-order valence-corrected chi connectivity index (χ4v) is 3.27. The van der Waals surface area contributed by atoms with Crippen molar-refractivity contribution in [1.29, 1.82) is 0 Å². The van der Waals surface area contributed by atoms with E-state index < -0.39 is 0 Å². The smallest absolute Gasteiger partial charge is 0.293 e. The minimum Gasteiger partial charge on any atom is -0.444 e. The van der Waals surface area contributed by atoms with Crippen molar-refractivity contribution >= 4 is 27.5 Å². The second-order valence-corrected chi connectivity index (χ2v) is 6.68. The summed E-state index contributed by atoms with van der Waals surface area (Å²) in [6.45, 7) is 2.20. The lowest BCUT2D eigenvalue weighted by Gasteiger charge is -2.18. The third-order valence-corrected chi connectivity index (χ3v) is 4.59. The molecule has 0 spiro atoms. The molecule has 1 aliphatic heterocycles. The van der Waals surface area contributed by atoms with Crippen LogP contribution in [0.2, 0.25) is 0 Å². The fourth-order valence-electron chi connectivity index (χ4n) is 2.97. The molecule has 25 heavy (non-hydrogen) atoms. The topological polar surface area (TPSA) is 72.4 Å². The second-order valence-electron chi connectivity index (χ2n) is 5.90. The van der Waals surface area contributed by atoms with Gasteiger partial charge in [0.05, 0.1) is 0 Å². The number of benzene rings is 1. The molecule has 0 aliphatic carbocycles. The maximum Gasteiger partial charge on any atom is 0.293 e. The minimum atomic E-state index is -0.322. The van der Waals surface area contributed by atoms with Gasteiger partial charge in [0.25, 0.3) is 5.89 Å². The Morgan fingerprint density at radius 1 is 1.32 bits per heavy atom. The van der Waals surface area contributed by atoms with E-state index in [1.165, 1.54) is 12.1 Å². The summed E-state index contributed by atoms with van der Waals surface area (Å²) in [7, 11) is 0. The average Bonchev–Trinajstić information content (AvgIpc) is 3.27. The van der Waals surface area contributed by atoms with E-state index in [-0.39, 0.29) is 30.0 Å². The molecule has 0 radical (unpaired) electrons. The van der Waals surface area contributed by atoms with Gasteiger partial charge in [-0.3, -0.25) is 4.79 Å². The third-order valence-electron chi connectivity index (χ3n) is 4.17. The van der Waals surface area contributed by atoms with Crippen molar-refractivity contribution in [3.63, 3.8) is 0 Å². The zero-order valence-corrected chi connectivity index (χ0v) is 14.8. The van der Waals surface area contributed by atoms with Gasteiger partial charge in [-0.25, -0.2) is 4.39 Å². The molecular weight excluding hydrogens is 393 g/mol. The highest BCUT2D eigenvalue weighted by molar-refractivity contribution is 9.10. The van der Waals surface area contributed by atoms with Crippen LogP contribution in [-0.2, 0) is 4.79 Å². The molecule has 0 bridgehead atoms. The lowest BCUT2D eigenvalue weighted by Crippen LogP contribution is -2.25. The summed E-state index contributed by atoms with van der Waals surface area (Å²) in [5, 5.41) is 3.98. The summed E-state index contributed by atoms with van der Waals surface area (Å²) < 4.78 is 24.5. The molecule has 0 N–H and O–H groups in total. The molecule has 1 atom stereocenters. The van der Waals surface area contributed by atoms with Gasteiger partial charge in [-0.05, 0) is 58.7 Å². The van der Waals surface area contributed by atoms with Crippen LogP contribution in [0.3, 0.4) is 0 Å². The number of aromatic nitrogens is 2. The molecule has 1 aliphatic rings. The molecule has 8 heteroatoms. The lowest BCUT2D eigenvalue weighted by atomic mass is 10.1. The molecule has 128 valence electrons. The number of rotatable bonds is 3. The van der Waals surface area contributed by atoms with Gasteiger partial charge in [-0.15, -0.1) is 0 Å². The highest BCUT2D eigenvalue weighted by Crippen LogP contribution is 2.33. The Labute approximate surface area is 150 Å². The predicted molar refractivity (Wildman–Crippen MR) is 90.5 cm³/mol. The number of amides is 1. The number of nitrogens with zero attached hydrogens (tertiary/aromatic N) is 3. The van der Waals surface area contributed by atoms with Gasteiger partial charge in [0.15, 0.2) is 16.3 Å². The molecule has 0 saturated carbocycles. The fraction of sp³-hybridized carbons (Fsp3) is 0.235. The molecule has 3 aromatic rings. The summed E-state index contributed by atoms with van der Waals surface area (Å²) in [4.78, 5) is 18.4. The van der Waals surface area contributed by atoms with Crippen molar-refractivity contribution in [3.8, 4) is 11.7 Å². The van der Waals surface area contributed by atoms with Crippen LogP contribution < -0.4 is 4.90 Å². The van der Waals surface area contributed by atoms with Crippen LogP contribution in [0.5, 0.6) is 0 Å². The monoisotopic (exact) mass is 405 g/mol. The van der Waals surface area contributed by atoms with Crippen molar-refractivity contribution in [2.45, 2.75) is 19.3 Å². The summed E-state index contributed by atoms with van der Waals surface area (Å²) in [6.07, 6.45) is 0.275. The molecule has 1 saturated heterocycles. The molecule has 3 heterocycles. The third kappa shape index (κ3) is 2.97. The maximum absolute atomic E-state index is 13.3. The van der Waals surface area contributed by atoms with Crippen LogP contribution in [-0.4, -0.2) is 22.6 Å².